The number of ether oxygens (including phenoxy) is 2. The minimum Gasteiger partial charge on any atom is -0.467 e. The Bertz CT molecular complexity index is 437. The molecule has 0 bridgehead atoms. The van der Waals surface area contributed by atoms with Crippen molar-refractivity contribution in [2.75, 3.05) is 13.9 Å². The van der Waals surface area contributed by atoms with E-state index >= 15 is 0 Å². The fourth-order valence-corrected chi connectivity index (χ4v) is 2.13. The highest BCUT2D eigenvalue weighted by Gasteiger charge is 2.24. The number of methoxy groups -OCH3 is 1. The van der Waals surface area contributed by atoms with E-state index in [1.165, 1.54) is 0 Å². The first-order valence-electron chi connectivity index (χ1n) is 7.38. The van der Waals surface area contributed by atoms with Crippen molar-refractivity contribution in [2.45, 2.75) is 58.2 Å². The van der Waals surface area contributed by atoms with Crippen LogP contribution in [0, 0.1) is 6.92 Å². The molecule has 2 atom stereocenters. The summed E-state index contributed by atoms with van der Waals surface area (Å²) in [4.78, 5) is 0. The van der Waals surface area contributed by atoms with Gasteiger partial charge in [-0.15, -0.1) is 0 Å². The number of aliphatic hydroxyl groups excluding tert-OH is 1. The van der Waals surface area contributed by atoms with Crippen molar-refractivity contribution < 1.29 is 19.7 Å². The van der Waals surface area contributed by atoms with Crippen molar-refractivity contribution in [3.8, 4) is 5.75 Å². The van der Waals surface area contributed by atoms with Gasteiger partial charge in [-0.3, -0.25) is 0 Å². The van der Waals surface area contributed by atoms with Crippen molar-refractivity contribution in [2.24, 2.45) is 0 Å². The van der Waals surface area contributed by atoms with Crippen molar-refractivity contribution in [3.63, 3.8) is 0 Å². The van der Waals surface area contributed by atoms with Gasteiger partial charge in [0.05, 0.1) is 11.7 Å². The quantitative estimate of drug-likeness (QED) is 0.724. The lowest BCUT2D eigenvalue weighted by Crippen LogP contribution is -2.35. The van der Waals surface area contributed by atoms with Gasteiger partial charge < -0.3 is 19.7 Å². The third-order valence-electron chi connectivity index (χ3n) is 3.80. The maximum Gasteiger partial charge on any atom is 0.188 e. The van der Waals surface area contributed by atoms with Gasteiger partial charge in [0.25, 0.3) is 0 Å². The lowest BCUT2D eigenvalue weighted by molar-refractivity contribution is -0.0525. The maximum atomic E-state index is 9.91. The average Bonchev–Trinajstić information content (AvgIpc) is 2.42. The van der Waals surface area contributed by atoms with Gasteiger partial charge in [-0.2, -0.15) is 0 Å². The molecular formula is C17H28O4. The first-order chi connectivity index (χ1) is 9.75. The second-order valence-electron chi connectivity index (χ2n) is 6.22. The molecule has 21 heavy (non-hydrogen) atoms. The normalized spacial score (nSPS) is 14.8. The summed E-state index contributed by atoms with van der Waals surface area (Å²) >= 11 is 0. The Kier molecular flexibility index (Phi) is 6.65. The molecule has 1 rings (SSSR count). The van der Waals surface area contributed by atoms with Gasteiger partial charge in [0.2, 0.25) is 0 Å². The van der Waals surface area contributed by atoms with Crippen LogP contribution < -0.4 is 4.74 Å². The molecule has 0 radical (unpaired) electrons. The number of aliphatic hydroxyl groups is 2. The predicted molar refractivity (Wildman–Crippen MR) is 83.6 cm³/mol. The summed E-state index contributed by atoms with van der Waals surface area (Å²) in [5, 5.41) is 19.7. The Morgan fingerprint density at radius 2 is 1.90 bits per heavy atom. The van der Waals surface area contributed by atoms with Crippen LogP contribution in [0.15, 0.2) is 18.2 Å². The molecule has 0 amide bonds. The minimum absolute atomic E-state index is 0.232. The fourth-order valence-electron chi connectivity index (χ4n) is 2.13. The molecule has 0 aliphatic heterocycles. The van der Waals surface area contributed by atoms with Gasteiger partial charge in [0, 0.05) is 7.11 Å². The summed E-state index contributed by atoms with van der Waals surface area (Å²) in [5.74, 6) is 1.11. The number of hydrogen-bond donors (Lipinski definition) is 2. The van der Waals surface area contributed by atoms with Crippen LogP contribution in [0.1, 0.15) is 50.7 Å². The molecule has 0 aromatic heterocycles. The molecule has 0 spiro atoms. The molecule has 0 aliphatic rings. The molecule has 0 unspecified atom stereocenters. The second-order valence-corrected chi connectivity index (χ2v) is 6.22. The molecule has 0 fully saturated rings. The van der Waals surface area contributed by atoms with Gasteiger partial charge in [-0.25, -0.2) is 0 Å². The van der Waals surface area contributed by atoms with Gasteiger partial charge in [0.1, 0.15) is 5.75 Å². The number of benzene rings is 1. The van der Waals surface area contributed by atoms with Gasteiger partial charge >= 0.3 is 0 Å². The Balaban J connectivity index is 2.67. The van der Waals surface area contributed by atoms with Crippen LogP contribution in [0.2, 0.25) is 0 Å². The average molecular weight is 296 g/mol. The molecule has 2 N–H and O–H groups in total. The molecule has 0 aliphatic carbocycles. The van der Waals surface area contributed by atoms with E-state index in [2.05, 4.69) is 13.0 Å². The molecule has 1 aromatic carbocycles. The van der Waals surface area contributed by atoms with Gasteiger partial charge in [0.15, 0.2) is 6.79 Å². The first kappa shape index (κ1) is 18.0. The standard InChI is InChI=1S/C17H28O4/c1-12(7-9-16(18)17(3,4)19)14-8-6-13(2)15(10-14)21-11-20-5/h6,8,10,12,16,18-19H,7,9,11H2,1-5H3/t12-,16-/m1/s1. The van der Waals surface area contributed by atoms with Gasteiger partial charge in [-0.1, -0.05) is 19.1 Å². The number of rotatable bonds is 8. The summed E-state index contributed by atoms with van der Waals surface area (Å²) in [6, 6.07) is 6.13. The Hall–Kier alpha value is -1.10. The number of aryl methyl sites for hydroxylation is 1. The van der Waals surface area contributed by atoms with Crippen LogP contribution in [-0.2, 0) is 4.74 Å². The van der Waals surface area contributed by atoms with Crippen LogP contribution in [0.5, 0.6) is 5.75 Å². The molecule has 0 heterocycles. The molecule has 4 heteroatoms. The highest BCUT2D eigenvalue weighted by Crippen LogP contribution is 2.28. The lowest BCUT2D eigenvalue weighted by atomic mass is 9.90. The summed E-state index contributed by atoms with van der Waals surface area (Å²) < 4.78 is 10.5. The maximum absolute atomic E-state index is 9.91. The van der Waals surface area contributed by atoms with Gasteiger partial charge in [-0.05, 0) is 56.7 Å². The summed E-state index contributed by atoms with van der Waals surface area (Å²) in [5.41, 5.74) is 1.17. The highest BCUT2D eigenvalue weighted by molar-refractivity contribution is 5.37. The largest absolute Gasteiger partial charge is 0.467 e. The summed E-state index contributed by atoms with van der Waals surface area (Å²) in [6.07, 6.45) is 0.652. The Morgan fingerprint density at radius 1 is 1.24 bits per heavy atom. The highest BCUT2D eigenvalue weighted by atomic mass is 16.7. The molecule has 0 saturated heterocycles. The van der Waals surface area contributed by atoms with E-state index in [0.29, 0.717) is 6.42 Å². The summed E-state index contributed by atoms with van der Waals surface area (Å²) in [7, 11) is 1.60. The first-order valence-corrected chi connectivity index (χ1v) is 7.38. The fraction of sp³-hybridized carbons (Fsp3) is 0.647. The van der Waals surface area contributed by atoms with E-state index < -0.39 is 11.7 Å². The van der Waals surface area contributed by atoms with Crippen molar-refractivity contribution in [1.82, 2.24) is 0 Å². The van der Waals surface area contributed by atoms with E-state index in [1.807, 2.05) is 19.1 Å². The number of hydrogen-bond acceptors (Lipinski definition) is 4. The van der Waals surface area contributed by atoms with Crippen molar-refractivity contribution in [3.05, 3.63) is 29.3 Å². The van der Waals surface area contributed by atoms with E-state index in [1.54, 1.807) is 21.0 Å². The van der Waals surface area contributed by atoms with Crippen LogP contribution in [0.4, 0.5) is 0 Å². The smallest absolute Gasteiger partial charge is 0.188 e. The van der Waals surface area contributed by atoms with Crippen LogP contribution in [0.3, 0.4) is 0 Å². The second kappa shape index (κ2) is 7.78. The zero-order chi connectivity index (χ0) is 16.0. The zero-order valence-corrected chi connectivity index (χ0v) is 13.7. The molecule has 120 valence electrons. The summed E-state index contributed by atoms with van der Waals surface area (Å²) in [6.45, 7) is 7.60. The van der Waals surface area contributed by atoms with Crippen LogP contribution in [0.25, 0.3) is 0 Å². The van der Waals surface area contributed by atoms with E-state index in [-0.39, 0.29) is 12.7 Å². The minimum atomic E-state index is -1.06. The zero-order valence-electron chi connectivity index (χ0n) is 13.7. The van der Waals surface area contributed by atoms with E-state index in [4.69, 9.17) is 9.47 Å². The Labute approximate surface area is 127 Å². The SMILES string of the molecule is COCOc1cc([C@H](C)CC[C@@H](O)C(C)(C)O)ccc1C. The lowest BCUT2D eigenvalue weighted by Gasteiger charge is -2.25. The van der Waals surface area contributed by atoms with Crippen LogP contribution >= 0.6 is 0 Å². The molecular weight excluding hydrogens is 268 g/mol. The third kappa shape index (κ3) is 5.65. The van der Waals surface area contributed by atoms with Crippen LogP contribution in [-0.4, -0.2) is 35.8 Å². The Morgan fingerprint density at radius 3 is 2.48 bits per heavy atom. The molecule has 1 aromatic rings. The topological polar surface area (TPSA) is 58.9 Å². The molecule has 0 saturated carbocycles. The van der Waals surface area contributed by atoms with E-state index in [9.17, 15) is 10.2 Å². The van der Waals surface area contributed by atoms with Crippen molar-refractivity contribution >= 4 is 0 Å². The predicted octanol–water partition coefficient (Wildman–Crippen LogP) is 2.99. The van der Waals surface area contributed by atoms with E-state index in [0.717, 1.165) is 23.3 Å². The molecule has 4 nitrogen and oxygen atoms in total. The monoisotopic (exact) mass is 296 g/mol. The third-order valence-corrected chi connectivity index (χ3v) is 3.80. The van der Waals surface area contributed by atoms with Crippen molar-refractivity contribution in [1.29, 1.82) is 0 Å².